The molecule has 0 unspecified atom stereocenters. The molecule has 11 heteroatoms. The zero-order chi connectivity index (χ0) is 21.6. The van der Waals surface area contributed by atoms with E-state index in [-0.39, 0.29) is 39.9 Å². The van der Waals surface area contributed by atoms with E-state index in [9.17, 15) is 30.4 Å². The monoisotopic (exact) mass is 435 g/mol. The number of hydrogen-bond acceptors (Lipinski definition) is 4. The first-order valence-electron chi connectivity index (χ1n) is 8.76. The topological polar surface area (TPSA) is 64.8 Å². The van der Waals surface area contributed by atoms with Crippen LogP contribution in [0.2, 0.25) is 0 Å². The van der Waals surface area contributed by atoms with E-state index in [1.165, 1.54) is 18.5 Å². The molecule has 158 valence electrons. The van der Waals surface area contributed by atoms with Gasteiger partial charge in [0.2, 0.25) is 0 Å². The average Bonchev–Trinajstić information content (AvgIpc) is 3.42. The second-order valence-electron chi connectivity index (χ2n) is 6.81. The zero-order valence-electron chi connectivity index (χ0n) is 15.5. The molecule has 2 heterocycles. The van der Waals surface area contributed by atoms with Gasteiger partial charge in [-0.25, -0.2) is 13.4 Å². The minimum Gasteiger partial charge on any atom is -0.326 e. The molecule has 1 aliphatic rings. The van der Waals surface area contributed by atoms with Crippen LogP contribution in [0.15, 0.2) is 29.4 Å². The Balaban J connectivity index is 2.05. The minimum absolute atomic E-state index is 0.0287. The number of halogens is 5. The van der Waals surface area contributed by atoms with Crippen molar-refractivity contribution in [2.75, 3.05) is 5.75 Å². The number of imidazole rings is 1. The molecule has 29 heavy (non-hydrogen) atoms. The molecule has 0 saturated heterocycles. The first-order valence-corrected chi connectivity index (χ1v) is 10.4. The van der Waals surface area contributed by atoms with Crippen LogP contribution in [-0.2, 0) is 16.9 Å². The Labute approximate surface area is 164 Å². The van der Waals surface area contributed by atoms with E-state index in [0.717, 1.165) is 24.6 Å². The summed E-state index contributed by atoms with van der Waals surface area (Å²) >= 11 is 0. The Bertz CT molecular complexity index is 1050. The highest BCUT2D eigenvalue weighted by Gasteiger charge is 2.55. The van der Waals surface area contributed by atoms with Crippen LogP contribution in [0, 0.1) is 0 Å². The van der Waals surface area contributed by atoms with Crippen LogP contribution >= 0.6 is 0 Å². The molecule has 1 fully saturated rings. The molecule has 1 aliphatic carbocycles. The number of allylic oxidation sites excluding steroid dienone is 1. The third-order valence-corrected chi connectivity index (χ3v) is 6.46. The lowest BCUT2D eigenvalue weighted by Gasteiger charge is -2.15. The fraction of sp³-hybridized carbons (Fsp3) is 0.444. The Morgan fingerprint density at radius 2 is 1.83 bits per heavy atom. The minimum atomic E-state index is -5.71. The maximum absolute atomic E-state index is 13.1. The van der Waals surface area contributed by atoms with Gasteiger partial charge in [-0.05, 0) is 42.5 Å². The van der Waals surface area contributed by atoms with E-state index in [1.54, 1.807) is 12.3 Å². The Morgan fingerprint density at radius 1 is 1.17 bits per heavy atom. The Morgan fingerprint density at radius 3 is 2.38 bits per heavy atom. The molecular weight excluding hydrogens is 417 g/mol. The van der Waals surface area contributed by atoms with Crippen molar-refractivity contribution in [2.24, 2.45) is 7.05 Å². The standard InChI is InChI=1S/C18H18F5N3O2S/c1-3-29(27,28)14-8-12(11-4-5-11)9-24-15(14)16-25-10-13(26(16)2)6-7-17(19,20)18(21,22)23/h6-11H,3-5H2,1-2H3/b7-6+. The largest absolute Gasteiger partial charge is 0.457 e. The first-order chi connectivity index (χ1) is 13.4. The summed E-state index contributed by atoms with van der Waals surface area (Å²) in [7, 11) is -2.29. The van der Waals surface area contributed by atoms with Crippen molar-refractivity contribution in [2.45, 2.75) is 42.7 Å². The fourth-order valence-electron chi connectivity index (χ4n) is 2.74. The van der Waals surface area contributed by atoms with Gasteiger partial charge in [-0.2, -0.15) is 22.0 Å². The van der Waals surface area contributed by atoms with Gasteiger partial charge in [0.05, 0.1) is 22.5 Å². The van der Waals surface area contributed by atoms with Crippen molar-refractivity contribution >= 4 is 15.9 Å². The van der Waals surface area contributed by atoms with Crippen LogP contribution in [0.25, 0.3) is 17.6 Å². The molecule has 2 aromatic rings. The lowest BCUT2D eigenvalue weighted by Crippen LogP contribution is -2.33. The molecule has 2 aromatic heterocycles. The number of aromatic nitrogens is 3. The molecule has 0 aromatic carbocycles. The van der Waals surface area contributed by atoms with Crippen LogP contribution in [0.1, 0.15) is 36.9 Å². The van der Waals surface area contributed by atoms with E-state index < -0.39 is 21.9 Å². The number of nitrogens with zero attached hydrogens (tertiary/aromatic N) is 3. The highest BCUT2D eigenvalue weighted by atomic mass is 32.2. The van der Waals surface area contributed by atoms with Crippen LogP contribution in [-0.4, -0.2) is 40.8 Å². The summed E-state index contributed by atoms with van der Waals surface area (Å²) in [5, 5.41) is 0. The van der Waals surface area contributed by atoms with Gasteiger partial charge >= 0.3 is 12.1 Å². The molecule has 0 spiro atoms. The maximum atomic E-state index is 13.1. The second kappa shape index (κ2) is 7.19. The van der Waals surface area contributed by atoms with Crippen LogP contribution in [0.4, 0.5) is 22.0 Å². The number of rotatable bonds is 6. The van der Waals surface area contributed by atoms with E-state index in [0.29, 0.717) is 6.08 Å². The number of sulfone groups is 1. The van der Waals surface area contributed by atoms with E-state index in [4.69, 9.17) is 0 Å². The lowest BCUT2D eigenvalue weighted by atomic mass is 10.2. The molecule has 1 saturated carbocycles. The van der Waals surface area contributed by atoms with Crippen molar-refractivity contribution in [3.63, 3.8) is 0 Å². The van der Waals surface area contributed by atoms with Gasteiger partial charge in [0.25, 0.3) is 0 Å². The first kappa shape index (κ1) is 21.4. The average molecular weight is 435 g/mol. The van der Waals surface area contributed by atoms with Gasteiger partial charge in [-0.1, -0.05) is 6.92 Å². The molecular formula is C18H18F5N3O2S. The number of alkyl halides is 5. The van der Waals surface area contributed by atoms with Crippen LogP contribution < -0.4 is 0 Å². The van der Waals surface area contributed by atoms with Gasteiger partial charge in [-0.3, -0.25) is 4.98 Å². The van der Waals surface area contributed by atoms with E-state index >= 15 is 0 Å². The van der Waals surface area contributed by atoms with Crippen LogP contribution in [0.3, 0.4) is 0 Å². The molecule has 0 atom stereocenters. The lowest BCUT2D eigenvalue weighted by molar-refractivity contribution is -0.258. The van der Waals surface area contributed by atoms with Crippen molar-refractivity contribution in [3.05, 3.63) is 35.8 Å². The van der Waals surface area contributed by atoms with Gasteiger partial charge < -0.3 is 4.57 Å². The maximum Gasteiger partial charge on any atom is 0.457 e. The van der Waals surface area contributed by atoms with Gasteiger partial charge in [-0.15, -0.1) is 0 Å². The summed E-state index contributed by atoms with van der Waals surface area (Å²) in [6, 6.07) is 1.54. The van der Waals surface area contributed by atoms with Crippen molar-refractivity contribution < 1.29 is 30.4 Å². The van der Waals surface area contributed by atoms with Gasteiger partial charge in [0, 0.05) is 13.2 Å². The molecule has 0 N–H and O–H groups in total. The Kier molecular flexibility index (Phi) is 5.31. The van der Waals surface area contributed by atoms with Crippen molar-refractivity contribution in [1.29, 1.82) is 0 Å². The summed E-state index contributed by atoms with van der Waals surface area (Å²) in [6.45, 7) is 1.48. The predicted octanol–water partition coefficient (Wildman–Crippen LogP) is 4.36. The molecule has 0 bridgehead atoms. The van der Waals surface area contributed by atoms with Gasteiger partial charge in [0.1, 0.15) is 5.69 Å². The van der Waals surface area contributed by atoms with Crippen molar-refractivity contribution in [1.82, 2.24) is 14.5 Å². The molecule has 0 aliphatic heterocycles. The molecule has 5 nitrogen and oxygen atoms in total. The Hall–Kier alpha value is -2.30. The summed E-state index contributed by atoms with van der Waals surface area (Å²) in [6.07, 6.45) is -0.874. The quantitative estimate of drug-likeness (QED) is 0.633. The van der Waals surface area contributed by atoms with Crippen molar-refractivity contribution in [3.8, 4) is 11.5 Å². The highest BCUT2D eigenvalue weighted by Crippen LogP contribution is 2.41. The summed E-state index contributed by atoms with van der Waals surface area (Å²) in [5.74, 6) is -4.87. The third kappa shape index (κ3) is 4.19. The van der Waals surface area contributed by atoms with E-state index in [2.05, 4.69) is 9.97 Å². The fourth-order valence-corrected chi connectivity index (χ4v) is 3.81. The predicted molar refractivity (Wildman–Crippen MR) is 96.2 cm³/mol. The smallest absolute Gasteiger partial charge is 0.326 e. The van der Waals surface area contributed by atoms with Gasteiger partial charge in [0.15, 0.2) is 15.7 Å². The molecule has 0 amide bonds. The zero-order valence-corrected chi connectivity index (χ0v) is 16.4. The highest BCUT2D eigenvalue weighted by molar-refractivity contribution is 7.91. The second-order valence-corrected chi connectivity index (χ2v) is 9.06. The summed E-state index contributed by atoms with van der Waals surface area (Å²) in [5.41, 5.74) is 0.762. The summed E-state index contributed by atoms with van der Waals surface area (Å²) in [4.78, 5) is 8.20. The SMILES string of the molecule is CCS(=O)(=O)c1cc(C2CC2)cnc1-c1ncc(/C=C/C(F)(F)C(F)(F)F)n1C. The number of hydrogen-bond donors (Lipinski definition) is 0. The number of pyridine rings is 1. The summed E-state index contributed by atoms with van der Waals surface area (Å²) < 4.78 is 89.6. The van der Waals surface area contributed by atoms with E-state index in [1.807, 2.05) is 0 Å². The van der Waals surface area contributed by atoms with Crippen LogP contribution in [0.5, 0.6) is 0 Å². The normalized spacial score (nSPS) is 16.0. The molecule has 3 rings (SSSR count). The molecule has 0 radical (unpaired) electrons. The third-order valence-electron chi connectivity index (χ3n) is 4.72.